The fourth-order valence-electron chi connectivity index (χ4n) is 2.98. The van der Waals surface area contributed by atoms with Gasteiger partial charge in [0.1, 0.15) is 5.58 Å². The number of furan rings is 1. The number of esters is 1. The predicted molar refractivity (Wildman–Crippen MR) is 136 cm³/mol. The first-order valence-electron chi connectivity index (χ1n) is 9.59. The summed E-state index contributed by atoms with van der Waals surface area (Å²) in [6.07, 6.45) is 3.64. The Morgan fingerprint density at radius 3 is 2.73 bits per heavy atom. The lowest BCUT2D eigenvalue weighted by atomic mass is 10.1. The van der Waals surface area contributed by atoms with Gasteiger partial charge in [0.15, 0.2) is 23.9 Å². The quantitative estimate of drug-likeness (QED) is 0.120. The van der Waals surface area contributed by atoms with Gasteiger partial charge in [-0.2, -0.15) is 5.10 Å². The summed E-state index contributed by atoms with van der Waals surface area (Å²) in [5.74, 6) is -0.0292. The van der Waals surface area contributed by atoms with Gasteiger partial charge >= 0.3 is 11.9 Å². The number of rotatable bonds is 9. The zero-order chi connectivity index (χ0) is 24.0. The summed E-state index contributed by atoms with van der Waals surface area (Å²) in [6.45, 7) is 3.49. The summed E-state index contributed by atoms with van der Waals surface area (Å²) in [7, 11) is 2.77. The molecule has 0 radical (unpaired) electrons. The third-order valence-electron chi connectivity index (χ3n) is 4.44. The van der Waals surface area contributed by atoms with E-state index in [0.29, 0.717) is 29.1 Å². The molecule has 3 rings (SSSR count). The zero-order valence-corrected chi connectivity index (χ0v) is 21.6. The van der Waals surface area contributed by atoms with Crippen LogP contribution in [0.15, 0.2) is 57.0 Å². The lowest BCUT2D eigenvalue weighted by Gasteiger charge is -2.15. The number of nitrogens with zero attached hydrogens (tertiary/aromatic N) is 1. The van der Waals surface area contributed by atoms with Gasteiger partial charge in [-0.3, -0.25) is 4.79 Å². The second kappa shape index (κ2) is 11.3. The Hall–Kier alpha value is -2.86. The molecule has 0 aliphatic heterocycles. The Labute approximate surface area is 212 Å². The molecule has 172 valence electrons. The van der Waals surface area contributed by atoms with E-state index in [4.69, 9.17) is 13.9 Å². The topological polar surface area (TPSA) is 99.4 Å². The number of allylic oxidation sites excluding steroid dienone is 1. The van der Waals surface area contributed by atoms with E-state index in [-0.39, 0.29) is 12.4 Å². The van der Waals surface area contributed by atoms with E-state index >= 15 is 0 Å². The summed E-state index contributed by atoms with van der Waals surface area (Å²) in [5, 5.41) is 4.84. The molecule has 0 aliphatic carbocycles. The van der Waals surface area contributed by atoms with Crippen molar-refractivity contribution in [1.82, 2.24) is 5.43 Å². The Balaban J connectivity index is 1.79. The number of fused-ring (bicyclic) bond motifs is 1. The number of amides is 1. The van der Waals surface area contributed by atoms with Crippen LogP contribution in [-0.2, 0) is 16.0 Å². The van der Waals surface area contributed by atoms with Crippen molar-refractivity contribution in [1.29, 1.82) is 0 Å². The summed E-state index contributed by atoms with van der Waals surface area (Å²) < 4.78 is 23.1. The van der Waals surface area contributed by atoms with Gasteiger partial charge < -0.3 is 18.6 Å². The van der Waals surface area contributed by atoms with Crippen LogP contribution in [0, 0.1) is 3.57 Å². The maximum atomic E-state index is 12.5. The van der Waals surface area contributed by atoms with Crippen LogP contribution in [-0.4, -0.2) is 38.9 Å². The molecule has 1 heterocycles. The molecule has 1 N–H and O–H groups in total. The zero-order valence-electron chi connectivity index (χ0n) is 17.8. The molecule has 0 saturated carbocycles. The molecule has 8 nitrogen and oxygen atoms in total. The summed E-state index contributed by atoms with van der Waals surface area (Å²) in [4.78, 5) is 23.9. The maximum absolute atomic E-state index is 12.5. The average Bonchev–Trinajstić information content (AvgIpc) is 3.22. The van der Waals surface area contributed by atoms with E-state index in [1.807, 2.05) is 12.1 Å². The molecule has 0 saturated heterocycles. The van der Waals surface area contributed by atoms with Crippen LogP contribution in [0.1, 0.15) is 21.7 Å². The number of hydrazone groups is 1. The van der Waals surface area contributed by atoms with Gasteiger partial charge in [0.25, 0.3) is 0 Å². The summed E-state index contributed by atoms with van der Waals surface area (Å²) in [5.41, 5.74) is 4.48. The first-order valence-corrected chi connectivity index (χ1v) is 11.5. The van der Waals surface area contributed by atoms with Crippen LogP contribution in [0.25, 0.3) is 11.0 Å². The van der Waals surface area contributed by atoms with Crippen molar-refractivity contribution < 1.29 is 28.2 Å². The minimum atomic E-state index is -0.511. The number of methoxy groups -OCH3 is 2. The van der Waals surface area contributed by atoms with Gasteiger partial charge in [0.2, 0.25) is 0 Å². The highest BCUT2D eigenvalue weighted by Crippen LogP contribution is 2.33. The molecule has 10 heteroatoms. The molecule has 0 bridgehead atoms. The van der Waals surface area contributed by atoms with E-state index in [2.05, 4.69) is 60.4 Å². The molecule has 2 aromatic carbocycles. The molecule has 0 unspecified atom stereocenters. The van der Waals surface area contributed by atoms with Gasteiger partial charge in [-0.25, -0.2) is 10.2 Å². The number of benzene rings is 2. The number of carbonyl (C=O) groups is 2. The average molecular weight is 627 g/mol. The fraction of sp³-hybridized carbons (Fsp3) is 0.174. The van der Waals surface area contributed by atoms with Crippen molar-refractivity contribution >= 4 is 67.6 Å². The highest BCUT2D eigenvalue weighted by molar-refractivity contribution is 14.1. The van der Waals surface area contributed by atoms with Gasteiger partial charge in [-0.15, -0.1) is 6.58 Å². The summed E-state index contributed by atoms with van der Waals surface area (Å²) in [6, 6.07) is 8.91. The van der Waals surface area contributed by atoms with Crippen LogP contribution in [0.4, 0.5) is 0 Å². The lowest BCUT2D eigenvalue weighted by Crippen LogP contribution is -2.17. The van der Waals surface area contributed by atoms with Gasteiger partial charge in [-0.1, -0.05) is 22.0 Å². The minimum Gasteiger partial charge on any atom is -0.493 e. The number of hydrogen-bond acceptors (Lipinski definition) is 7. The van der Waals surface area contributed by atoms with Crippen molar-refractivity contribution in [3.63, 3.8) is 0 Å². The largest absolute Gasteiger partial charge is 0.493 e. The number of carbonyl (C=O) groups excluding carboxylic acids is 2. The van der Waals surface area contributed by atoms with Crippen molar-refractivity contribution in [3.8, 4) is 11.5 Å². The van der Waals surface area contributed by atoms with Crippen molar-refractivity contribution in [2.24, 2.45) is 5.10 Å². The molecular formula is C23H20BrIN2O6. The molecule has 33 heavy (non-hydrogen) atoms. The minimum absolute atomic E-state index is 0.148. The monoisotopic (exact) mass is 626 g/mol. The molecular weight excluding hydrogens is 607 g/mol. The van der Waals surface area contributed by atoms with Crippen LogP contribution in [0.2, 0.25) is 0 Å². The van der Waals surface area contributed by atoms with Crippen molar-refractivity contribution in [2.75, 3.05) is 20.8 Å². The van der Waals surface area contributed by atoms with Crippen molar-refractivity contribution in [3.05, 3.63) is 67.9 Å². The van der Waals surface area contributed by atoms with E-state index in [1.54, 1.807) is 24.3 Å². The number of ether oxygens (including phenoxy) is 3. The number of nitrogens with one attached hydrogen (secondary N) is 1. The highest BCUT2D eigenvalue weighted by atomic mass is 127. The molecule has 0 aliphatic rings. The van der Waals surface area contributed by atoms with Gasteiger partial charge in [0.05, 0.1) is 24.0 Å². The third-order valence-corrected chi connectivity index (χ3v) is 5.70. The highest BCUT2D eigenvalue weighted by Gasteiger charge is 2.16. The molecule has 1 aromatic heterocycles. The molecule has 1 amide bonds. The Bertz CT molecular complexity index is 1240. The van der Waals surface area contributed by atoms with Crippen LogP contribution >= 0.6 is 38.5 Å². The number of hydrogen-bond donors (Lipinski definition) is 1. The van der Waals surface area contributed by atoms with Crippen molar-refractivity contribution in [2.45, 2.75) is 6.42 Å². The predicted octanol–water partition coefficient (Wildman–Crippen LogP) is 4.85. The van der Waals surface area contributed by atoms with Gasteiger partial charge in [-0.05, 0) is 64.9 Å². The van der Waals surface area contributed by atoms with E-state index in [1.165, 1.54) is 20.4 Å². The summed E-state index contributed by atoms with van der Waals surface area (Å²) >= 11 is 5.58. The first-order chi connectivity index (χ1) is 15.9. The Morgan fingerprint density at radius 1 is 1.24 bits per heavy atom. The normalized spacial score (nSPS) is 10.9. The smallest absolute Gasteiger partial charge is 0.343 e. The van der Waals surface area contributed by atoms with Crippen LogP contribution in [0.5, 0.6) is 11.5 Å². The fourth-order valence-corrected chi connectivity index (χ4v) is 4.64. The third kappa shape index (κ3) is 6.14. The second-order valence-electron chi connectivity index (χ2n) is 6.68. The standard InChI is InChI=1S/C23H20BrIN2O6/c1-4-5-14-6-13(7-18(30-2)22(14)32-12-20(28)31-3)11-26-27-23(29)19-9-15-8-16(24)10-17(25)21(15)33-19/h4,6-11H,1,5,12H2,2-3H3,(H,27,29)/b26-11-. The molecule has 0 fully saturated rings. The van der Waals surface area contributed by atoms with E-state index in [9.17, 15) is 9.59 Å². The van der Waals surface area contributed by atoms with Crippen LogP contribution < -0.4 is 14.9 Å². The maximum Gasteiger partial charge on any atom is 0.343 e. The van der Waals surface area contributed by atoms with Gasteiger partial charge in [0, 0.05) is 15.4 Å². The van der Waals surface area contributed by atoms with E-state index in [0.717, 1.165) is 19.0 Å². The van der Waals surface area contributed by atoms with Crippen LogP contribution in [0.3, 0.4) is 0 Å². The second-order valence-corrected chi connectivity index (χ2v) is 8.76. The Morgan fingerprint density at radius 2 is 2.03 bits per heavy atom. The Kier molecular flexibility index (Phi) is 8.50. The molecule has 3 aromatic rings. The number of halogens is 2. The molecule has 0 atom stereocenters. The lowest BCUT2D eigenvalue weighted by molar-refractivity contribution is -0.142. The van der Waals surface area contributed by atoms with E-state index < -0.39 is 11.9 Å². The SMILES string of the molecule is C=CCc1cc(/C=N\NC(=O)c2cc3cc(Br)cc(I)c3o2)cc(OC)c1OCC(=O)OC. The molecule has 0 spiro atoms. The first kappa shape index (κ1) is 24.8.